The molecule has 3 rings (SSSR count). The van der Waals surface area contributed by atoms with Crippen LogP contribution in [0.1, 0.15) is 32.1 Å². The lowest BCUT2D eigenvalue weighted by Crippen LogP contribution is -2.40. The van der Waals surface area contributed by atoms with E-state index in [-0.39, 0.29) is 30.2 Å². The Morgan fingerprint density at radius 3 is 1.77 bits per heavy atom. The summed E-state index contributed by atoms with van der Waals surface area (Å²) in [5, 5.41) is 0. The fourth-order valence-corrected chi connectivity index (χ4v) is 2.83. The third-order valence-corrected chi connectivity index (χ3v) is 4.38. The van der Waals surface area contributed by atoms with Gasteiger partial charge in [-0.15, -0.1) is 0 Å². The first-order valence-electron chi connectivity index (χ1n) is 8.38. The highest BCUT2D eigenvalue weighted by Gasteiger charge is 2.19. The second-order valence-electron chi connectivity index (χ2n) is 6.14. The summed E-state index contributed by atoms with van der Waals surface area (Å²) in [5.74, 6) is -0.427. The Kier molecular flexibility index (Phi) is 5.32. The van der Waals surface area contributed by atoms with E-state index in [1.54, 1.807) is 12.1 Å². The number of carbonyl (C=O) groups excluding carboxylic acids is 2. The average Bonchev–Trinajstić information content (AvgIpc) is 2.66. The molecule has 1 aromatic heterocycles. The molecule has 3 aromatic rings. The molecule has 0 amide bonds. The molecule has 0 N–H and O–H groups in total. The van der Waals surface area contributed by atoms with E-state index in [2.05, 4.69) is 0 Å². The first kappa shape index (κ1) is 17.7. The molecule has 4 heteroatoms. The molecule has 0 saturated carbocycles. The van der Waals surface area contributed by atoms with Crippen LogP contribution in [0.3, 0.4) is 0 Å². The first-order chi connectivity index (χ1) is 12.5. The van der Waals surface area contributed by atoms with E-state index < -0.39 is 0 Å². The molecule has 26 heavy (non-hydrogen) atoms. The van der Waals surface area contributed by atoms with E-state index in [0.717, 1.165) is 11.4 Å². The zero-order chi connectivity index (χ0) is 18.5. The van der Waals surface area contributed by atoms with Crippen molar-refractivity contribution >= 4 is 11.6 Å². The Balaban J connectivity index is 1.77. The fourth-order valence-electron chi connectivity index (χ4n) is 2.83. The zero-order valence-corrected chi connectivity index (χ0v) is 14.5. The van der Waals surface area contributed by atoms with E-state index in [4.69, 9.17) is 0 Å². The number of halogens is 1. The highest BCUT2D eigenvalue weighted by molar-refractivity contribution is 5.97. The second kappa shape index (κ2) is 7.83. The summed E-state index contributed by atoms with van der Waals surface area (Å²) in [6, 6.07) is 20.3. The van der Waals surface area contributed by atoms with Crippen molar-refractivity contribution in [2.45, 2.75) is 12.8 Å². The van der Waals surface area contributed by atoms with E-state index >= 15 is 0 Å². The van der Waals surface area contributed by atoms with Crippen LogP contribution in [0.4, 0.5) is 4.39 Å². The van der Waals surface area contributed by atoms with Crippen molar-refractivity contribution in [3.8, 4) is 0 Å². The Morgan fingerprint density at radius 2 is 1.23 bits per heavy atom. The molecule has 0 atom stereocenters. The third kappa shape index (κ3) is 4.09. The summed E-state index contributed by atoms with van der Waals surface area (Å²) in [6.45, 7) is 0. The summed E-state index contributed by atoms with van der Waals surface area (Å²) < 4.78 is 14.9. The second-order valence-corrected chi connectivity index (χ2v) is 6.14. The fraction of sp³-hybridized carbons (Fsp3) is 0.136. The van der Waals surface area contributed by atoms with Gasteiger partial charge in [-0.1, -0.05) is 30.3 Å². The Labute approximate surface area is 151 Å². The lowest BCUT2D eigenvalue weighted by molar-refractivity contribution is -0.685. The van der Waals surface area contributed by atoms with Gasteiger partial charge in [0.2, 0.25) is 0 Å². The molecule has 3 nitrogen and oxygen atoms in total. The van der Waals surface area contributed by atoms with Gasteiger partial charge >= 0.3 is 0 Å². The van der Waals surface area contributed by atoms with Crippen molar-refractivity contribution in [1.29, 1.82) is 0 Å². The molecule has 1 heterocycles. The van der Waals surface area contributed by atoms with Crippen LogP contribution in [0.15, 0.2) is 72.8 Å². The molecule has 0 unspecified atom stereocenters. The van der Waals surface area contributed by atoms with Crippen molar-refractivity contribution in [3.05, 3.63) is 101 Å². The minimum atomic E-state index is -0.367. The summed E-state index contributed by atoms with van der Waals surface area (Å²) in [4.78, 5) is 24.9. The monoisotopic (exact) mass is 348 g/mol. The third-order valence-electron chi connectivity index (χ3n) is 4.38. The van der Waals surface area contributed by atoms with Crippen LogP contribution in [-0.4, -0.2) is 11.6 Å². The minimum absolute atomic E-state index is 0.0308. The van der Waals surface area contributed by atoms with Gasteiger partial charge in [-0.2, -0.15) is 0 Å². The normalized spacial score (nSPS) is 10.5. The molecule has 2 aromatic carbocycles. The van der Waals surface area contributed by atoms with Crippen LogP contribution in [0.2, 0.25) is 0 Å². The minimum Gasteiger partial charge on any atom is -0.294 e. The zero-order valence-electron chi connectivity index (χ0n) is 14.5. The van der Waals surface area contributed by atoms with Gasteiger partial charge in [0.1, 0.15) is 12.9 Å². The molecular weight excluding hydrogens is 329 g/mol. The highest BCUT2D eigenvalue weighted by Crippen LogP contribution is 2.09. The van der Waals surface area contributed by atoms with Crippen molar-refractivity contribution in [3.63, 3.8) is 0 Å². The highest BCUT2D eigenvalue weighted by atomic mass is 19.1. The van der Waals surface area contributed by atoms with Crippen LogP contribution in [0, 0.1) is 5.82 Å². The lowest BCUT2D eigenvalue weighted by Gasteiger charge is -2.05. The number of Topliss-reactive ketones (excluding diaryl/α,β-unsaturated/α-hetero) is 2. The Morgan fingerprint density at radius 1 is 0.731 bits per heavy atom. The van der Waals surface area contributed by atoms with Crippen LogP contribution >= 0.6 is 0 Å². The van der Waals surface area contributed by atoms with Gasteiger partial charge < -0.3 is 0 Å². The maximum Gasteiger partial charge on any atom is 0.189 e. The number of rotatable bonds is 6. The van der Waals surface area contributed by atoms with Crippen LogP contribution in [0.5, 0.6) is 0 Å². The van der Waals surface area contributed by atoms with Gasteiger partial charge in [0, 0.05) is 23.3 Å². The van der Waals surface area contributed by atoms with Gasteiger partial charge in [-0.25, -0.2) is 8.96 Å². The quantitative estimate of drug-likeness (QED) is 0.505. The van der Waals surface area contributed by atoms with E-state index in [9.17, 15) is 14.0 Å². The molecule has 0 radical (unpaired) electrons. The van der Waals surface area contributed by atoms with Gasteiger partial charge in [-0.05, 0) is 30.3 Å². The Hall–Kier alpha value is -3.14. The smallest absolute Gasteiger partial charge is 0.189 e. The van der Waals surface area contributed by atoms with Crippen molar-refractivity contribution in [2.24, 2.45) is 7.05 Å². The molecule has 0 aliphatic heterocycles. The molecule has 0 aliphatic rings. The van der Waals surface area contributed by atoms with E-state index in [0.29, 0.717) is 11.1 Å². The molecule has 130 valence electrons. The van der Waals surface area contributed by atoms with Gasteiger partial charge in [0.25, 0.3) is 0 Å². The van der Waals surface area contributed by atoms with E-state index in [1.807, 2.05) is 48.0 Å². The molecular formula is C22H19FNO2+. The molecule has 0 fully saturated rings. The SMILES string of the molecule is C[n+]1c(CC(=O)c2ccccc2)cccc1CC(=O)c1ccc(F)cc1. The van der Waals surface area contributed by atoms with Crippen molar-refractivity contribution < 1.29 is 18.5 Å². The van der Waals surface area contributed by atoms with E-state index in [1.165, 1.54) is 24.3 Å². The van der Waals surface area contributed by atoms with Gasteiger partial charge in [0.05, 0.1) is 12.8 Å². The molecule has 0 saturated heterocycles. The average molecular weight is 348 g/mol. The van der Waals surface area contributed by atoms with Gasteiger partial charge in [-0.3, -0.25) is 9.59 Å². The number of ketones is 2. The van der Waals surface area contributed by atoms with Crippen LogP contribution in [0.25, 0.3) is 0 Å². The predicted octanol–water partition coefficient (Wildman–Crippen LogP) is 3.50. The number of hydrogen-bond donors (Lipinski definition) is 0. The summed E-state index contributed by atoms with van der Waals surface area (Å²) in [7, 11) is 1.85. The molecule has 0 aliphatic carbocycles. The maximum atomic E-state index is 13.0. The van der Waals surface area contributed by atoms with Gasteiger partial charge in [0.15, 0.2) is 23.0 Å². The topological polar surface area (TPSA) is 38.0 Å². The number of hydrogen-bond acceptors (Lipinski definition) is 2. The lowest BCUT2D eigenvalue weighted by atomic mass is 10.0. The van der Waals surface area contributed by atoms with Crippen molar-refractivity contribution in [2.75, 3.05) is 0 Å². The summed E-state index contributed by atoms with van der Waals surface area (Å²) >= 11 is 0. The first-order valence-corrected chi connectivity index (χ1v) is 8.38. The molecule has 0 bridgehead atoms. The van der Waals surface area contributed by atoms with Crippen molar-refractivity contribution in [1.82, 2.24) is 0 Å². The number of aromatic nitrogens is 1. The van der Waals surface area contributed by atoms with Crippen LogP contribution in [-0.2, 0) is 19.9 Å². The summed E-state index contributed by atoms with van der Waals surface area (Å²) in [6.07, 6.45) is 0.453. The summed E-state index contributed by atoms with van der Waals surface area (Å²) in [5.41, 5.74) is 2.78. The number of pyridine rings is 1. The number of carbonyl (C=O) groups is 2. The number of benzene rings is 2. The largest absolute Gasteiger partial charge is 0.294 e. The maximum absolute atomic E-state index is 13.0. The Bertz CT molecular complexity index is 934. The molecule has 0 spiro atoms. The standard InChI is InChI=1S/C22H19FNO2/c1-24-19(14-21(25)16-6-3-2-4-7-16)8-5-9-20(24)15-22(26)17-10-12-18(23)13-11-17/h2-13H,14-15H2,1H3/q+1. The number of nitrogens with zero attached hydrogens (tertiary/aromatic N) is 1. The van der Waals surface area contributed by atoms with Crippen LogP contribution < -0.4 is 4.57 Å². The predicted molar refractivity (Wildman–Crippen MR) is 96.5 cm³/mol.